The molecule has 39 heavy (non-hydrogen) atoms. The second-order valence-corrected chi connectivity index (χ2v) is 11.3. The molecule has 0 radical (unpaired) electrons. The molecule has 1 atom stereocenters. The van der Waals surface area contributed by atoms with Crippen LogP contribution in [0.1, 0.15) is 62.1 Å². The van der Waals surface area contributed by atoms with Gasteiger partial charge >= 0.3 is 0 Å². The van der Waals surface area contributed by atoms with E-state index >= 15 is 0 Å². The highest BCUT2D eigenvalue weighted by atomic mass is 35.5. The fourth-order valence-corrected chi connectivity index (χ4v) is 5.25. The second-order valence-electron chi connectivity index (χ2n) is 10.5. The van der Waals surface area contributed by atoms with E-state index < -0.39 is 6.04 Å². The molecule has 1 N–H and O–H groups in total. The molecule has 0 heterocycles. The maximum atomic E-state index is 13.8. The minimum Gasteiger partial charge on any atom is -0.484 e. The van der Waals surface area contributed by atoms with Gasteiger partial charge in [-0.1, -0.05) is 98.4 Å². The number of carbonyl (C=O) groups excluding carboxylic acids is 2. The van der Waals surface area contributed by atoms with Gasteiger partial charge in [-0.15, -0.1) is 0 Å². The van der Waals surface area contributed by atoms with E-state index in [1.54, 1.807) is 17.0 Å². The number of hydrogen-bond acceptors (Lipinski definition) is 3. The van der Waals surface area contributed by atoms with Crippen LogP contribution in [0.2, 0.25) is 10.0 Å². The molecular formula is C32H36Cl2N2O3. The predicted octanol–water partition coefficient (Wildman–Crippen LogP) is 7.19. The predicted molar refractivity (Wildman–Crippen MR) is 157 cm³/mol. The lowest BCUT2D eigenvalue weighted by Gasteiger charge is -2.32. The molecule has 2 amide bonds. The Balaban J connectivity index is 1.60. The molecule has 3 aromatic rings. The van der Waals surface area contributed by atoms with Gasteiger partial charge in [0.1, 0.15) is 11.8 Å². The third kappa shape index (κ3) is 8.23. The summed E-state index contributed by atoms with van der Waals surface area (Å²) < 4.78 is 5.91. The fourth-order valence-electron chi connectivity index (χ4n) is 4.93. The Morgan fingerprint density at radius 1 is 0.923 bits per heavy atom. The number of nitrogens with zero attached hydrogens (tertiary/aromatic N) is 1. The molecule has 206 valence electrons. The van der Waals surface area contributed by atoms with Crippen molar-refractivity contribution in [1.29, 1.82) is 0 Å². The van der Waals surface area contributed by atoms with Crippen molar-refractivity contribution in [2.75, 3.05) is 6.61 Å². The highest BCUT2D eigenvalue weighted by Crippen LogP contribution is 2.25. The van der Waals surface area contributed by atoms with Gasteiger partial charge in [-0.25, -0.2) is 0 Å². The Morgan fingerprint density at radius 2 is 1.62 bits per heavy atom. The summed E-state index contributed by atoms with van der Waals surface area (Å²) >= 11 is 12.4. The number of amides is 2. The first-order valence-electron chi connectivity index (χ1n) is 13.6. The Labute approximate surface area is 241 Å². The van der Waals surface area contributed by atoms with Crippen LogP contribution in [0, 0.1) is 0 Å². The number of hydrogen-bond donors (Lipinski definition) is 1. The molecule has 0 aromatic heterocycles. The normalized spacial score (nSPS) is 14.3. The van der Waals surface area contributed by atoms with Gasteiger partial charge in [-0.3, -0.25) is 9.59 Å². The molecule has 4 rings (SSSR count). The molecule has 0 aliphatic heterocycles. The van der Waals surface area contributed by atoms with Crippen LogP contribution in [0.3, 0.4) is 0 Å². The molecule has 0 unspecified atom stereocenters. The lowest BCUT2D eigenvalue weighted by atomic mass is 10.0. The zero-order valence-corrected chi connectivity index (χ0v) is 24.0. The highest BCUT2D eigenvalue weighted by molar-refractivity contribution is 6.42. The number of rotatable bonds is 11. The fraction of sp³-hybridized carbons (Fsp3) is 0.375. The van der Waals surface area contributed by atoms with Gasteiger partial charge in [0.05, 0.1) is 10.0 Å². The van der Waals surface area contributed by atoms with Gasteiger partial charge in [0, 0.05) is 19.0 Å². The van der Waals surface area contributed by atoms with Crippen molar-refractivity contribution >= 4 is 35.0 Å². The lowest BCUT2D eigenvalue weighted by molar-refractivity contribution is -0.143. The summed E-state index contributed by atoms with van der Waals surface area (Å²) in [5, 5.41) is 4.05. The monoisotopic (exact) mass is 566 g/mol. The minimum atomic E-state index is -0.720. The van der Waals surface area contributed by atoms with E-state index in [1.807, 2.05) is 60.7 Å². The van der Waals surface area contributed by atoms with E-state index in [4.69, 9.17) is 27.9 Å². The molecule has 0 bridgehead atoms. The first-order valence-corrected chi connectivity index (χ1v) is 14.4. The lowest BCUT2D eigenvalue weighted by Crippen LogP contribution is -2.53. The Morgan fingerprint density at radius 3 is 2.26 bits per heavy atom. The molecule has 5 nitrogen and oxygen atoms in total. The van der Waals surface area contributed by atoms with Crippen LogP contribution < -0.4 is 10.1 Å². The third-order valence-electron chi connectivity index (χ3n) is 7.22. The number of ether oxygens (including phenoxy) is 1. The van der Waals surface area contributed by atoms with Crippen molar-refractivity contribution in [3.63, 3.8) is 0 Å². The van der Waals surface area contributed by atoms with Crippen LogP contribution in [0.25, 0.3) is 0 Å². The molecule has 0 spiro atoms. The van der Waals surface area contributed by atoms with Crippen LogP contribution in [-0.2, 0) is 22.6 Å². The zero-order valence-electron chi connectivity index (χ0n) is 22.5. The van der Waals surface area contributed by atoms with E-state index in [9.17, 15) is 9.59 Å². The van der Waals surface area contributed by atoms with E-state index in [0.29, 0.717) is 28.1 Å². The van der Waals surface area contributed by atoms with Crippen molar-refractivity contribution in [2.45, 2.75) is 70.5 Å². The van der Waals surface area contributed by atoms with Gasteiger partial charge in [0.2, 0.25) is 5.91 Å². The van der Waals surface area contributed by atoms with E-state index in [0.717, 1.165) is 36.8 Å². The van der Waals surface area contributed by atoms with Crippen LogP contribution in [-0.4, -0.2) is 35.4 Å². The van der Waals surface area contributed by atoms with Crippen LogP contribution >= 0.6 is 23.2 Å². The number of benzene rings is 3. The van der Waals surface area contributed by atoms with E-state index in [-0.39, 0.29) is 31.0 Å². The van der Waals surface area contributed by atoms with Gasteiger partial charge < -0.3 is 15.0 Å². The van der Waals surface area contributed by atoms with Gasteiger partial charge in [0.15, 0.2) is 6.61 Å². The van der Waals surface area contributed by atoms with Crippen molar-refractivity contribution in [1.82, 2.24) is 10.2 Å². The molecule has 0 saturated heterocycles. The largest absolute Gasteiger partial charge is 0.484 e. The Kier molecular flexibility index (Phi) is 10.3. The summed E-state index contributed by atoms with van der Waals surface area (Å²) in [6, 6.07) is 22.2. The molecular weight excluding hydrogens is 531 g/mol. The average Bonchev–Trinajstić information content (AvgIpc) is 3.45. The van der Waals surface area contributed by atoms with Crippen molar-refractivity contribution < 1.29 is 14.3 Å². The van der Waals surface area contributed by atoms with Crippen LogP contribution in [0.15, 0.2) is 72.8 Å². The molecule has 1 aliphatic carbocycles. The van der Waals surface area contributed by atoms with Gasteiger partial charge in [-0.2, -0.15) is 0 Å². The Hall–Kier alpha value is -3.02. The Bertz CT molecular complexity index is 1240. The highest BCUT2D eigenvalue weighted by Gasteiger charge is 2.32. The SMILES string of the molecule is CC(C)c1ccc(OCC(=O)N(Cc2ccc(Cl)c(Cl)c2)[C@H](Cc2ccccc2)C(=O)NC2CCCC2)cc1. The smallest absolute Gasteiger partial charge is 0.261 e. The number of nitrogens with one attached hydrogen (secondary N) is 1. The topological polar surface area (TPSA) is 58.6 Å². The molecule has 1 saturated carbocycles. The summed E-state index contributed by atoms with van der Waals surface area (Å²) in [6.07, 6.45) is 4.50. The number of carbonyl (C=O) groups is 2. The zero-order chi connectivity index (χ0) is 27.8. The summed E-state index contributed by atoms with van der Waals surface area (Å²) in [5.74, 6) is 0.578. The maximum absolute atomic E-state index is 13.8. The first-order chi connectivity index (χ1) is 18.8. The van der Waals surface area contributed by atoms with Crippen molar-refractivity contribution in [3.05, 3.63) is 99.5 Å². The summed E-state index contributed by atoms with van der Waals surface area (Å²) in [4.78, 5) is 29.1. The third-order valence-corrected chi connectivity index (χ3v) is 7.96. The quantitative estimate of drug-likeness (QED) is 0.267. The molecule has 7 heteroatoms. The van der Waals surface area contributed by atoms with Gasteiger partial charge in [0.25, 0.3) is 5.91 Å². The second kappa shape index (κ2) is 13.9. The first kappa shape index (κ1) is 29.0. The van der Waals surface area contributed by atoms with Gasteiger partial charge in [-0.05, 0) is 59.7 Å². The minimum absolute atomic E-state index is 0.133. The van der Waals surface area contributed by atoms with E-state index in [2.05, 4.69) is 19.2 Å². The summed E-state index contributed by atoms with van der Waals surface area (Å²) in [7, 11) is 0. The van der Waals surface area contributed by atoms with Crippen molar-refractivity contribution in [2.24, 2.45) is 0 Å². The maximum Gasteiger partial charge on any atom is 0.261 e. The average molecular weight is 568 g/mol. The van der Waals surface area contributed by atoms with E-state index in [1.165, 1.54) is 5.56 Å². The van der Waals surface area contributed by atoms with Crippen LogP contribution in [0.5, 0.6) is 5.75 Å². The number of halogens is 2. The standard InChI is InChI=1S/C32H36Cl2N2O3/c1-22(2)25-13-15-27(16-14-25)39-21-31(37)36(20-24-12-17-28(33)29(34)18-24)30(19-23-8-4-3-5-9-23)32(38)35-26-10-6-7-11-26/h3-5,8-9,12-18,22,26,30H,6-7,10-11,19-21H2,1-2H3,(H,35,38)/t30-/m1/s1. The van der Waals surface area contributed by atoms with Crippen molar-refractivity contribution in [3.8, 4) is 5.75 Å². The molecule has 3 aromatic carbocycles. The summed E-state index contributed by atoms with van der Waals surface area (Å²) in [6.45, 7) is 4.26. The summed E-state index contributed by atoms with van der Waals surface area (Å²) in [5.41, 5.74) is 2.95. The van der Waals surface area contributed by atoms with Crippen LogP contribution in [0.4, 0.5) is 0 Å². The molecule has 1 aliphatic rings. The molecule has 1 fully saturated rings.